The van der Waals surface area contributed by atoms with Crippen molar-refractivity contribution in [3.63, 3.8) is 0 Å². The van der Waals surface area contributed by atoms with Crippen LogP contribution in [0.2, 0.25) is 0 Å². The van der Waals surface area contributed by atoms with Crippen molar-refractivity contribution in [1.29, 1.82) is 0 Å². The molecule has 3 N–H and O–H groups in total. The number of hydrogen-bond donors (Lipinski definition) is 2. The number of nitrogens with zero attached hydrogens (tertiary/aromatic N) is 3. The Balaban J connectivity index is 0.000000868. The van der Waals surface area contributed by atoms with Crippen LogP contribution in [0.15, 0.2) is 48.5 Å². The molecule has 180 valence electrons. The van der Waals surface area contributed by atoms with Gasteiger partial charge in [0.25, 0.3) is 0 Å². The van der Waals surface area contributed by atoms with Crippen LogP contribution in [0.4, 0.5) is 5.82 Å². The van der Waals surface area contributed by atoms with Crippen LogP contribution in [-0.4, -0.2) is 44.7 Å². The Hall–Kier alpha value is -3.20. The zero-order valence-electron chi connectivity index (χ0n) is 20.1. The van der Waals surface area contributed by atoms with Crippen molar-refractivity contribution in [2.24, 2.45) is 0 Å². The lowest BCUT2D eigenvalue weighted by Crippen LogP contribution is -2.24. The van der Waals surface area contributed by atoms with Gasteiger partial charge in [0.1, 0.15) is 29.8 Å². The maximum atomic E-state index is 7.57. The summed E-state index contributed by atoms with van der Waals surface area (Å²) in [4.78, 5) is 9.28. The van der Waals surface area contributed by atoms with Crippen LogP contribution in [0.5, 0.6) is 5.75 Å². The van der Waals surface area contributed by atoms with E-state index >= 15 is 0 Å². The third kappa shape index (κ3) is 5.14. The number of fused-ring (bicyclic) bond motifs is 3. The van der Waals surface area contributed by atoms with E-state index in [0.717, 1.165) is 33.6 Å². The maximum absolute atomic E-state index is 7.57. The monoisotopic (exact) mass is 464 g/mol. The molecule has 0 bridgehead atoms. The second-order valence-electron chi connectivity index (χ2n) is 8.68. The van der Waals surface area contributed by atoms with E-state index in [-0.39, 0.29) is 12.7 Å². The highest BCUT2D eigenvalue weighted by Gasteiger charge is 2.33. The fourth-order valence-corrected chi connectivity index (χ4v) is 4.11. The fraction of sp³-hybridized carbons (Fsp3) is 0.385. The van der Waals surface area contributed by atoms with E-state index in [2.05, 4.69) is 14.5 Å². The van der Waals surface area contributed by atoms with Gasteiger partial charge in [0, 0.05) is 18.1 Å². The predicted octanol–water partition coefficient (Wildman–Crippen LogP) is 4.20. The number of anilines is 1. The Morgan fingerprint density at radius 2 is 1.91 bits per heavy atom. The van der Waals surface area contributed by atoms with Gasteiger partial charge < -0.3 is 29.6 Å². The molecule has 5 rings (SSSR count). The van der Waals surface area contributed by atoms with Gasteiger partial charge in [-0.05, 0) is 45.4 Å². The molecule has 0 amide bonds. The number of nitrogen functional groups attached to an aromatic ring is 1. The van der Waals surface area contributed by atoms with Gasteiger partial charge in [-0.15, -0.1) is 0 Å². The smallest absolute Gasteiger partial charge is 0.163 e. The zero-order chi connectivity index (χ0) is 24.3. The van der Waals surface area contributed by atoms with Crippen molar-refractivity contribution >= 4 is 27.8 Å². The predicted molar refractivity (Wildman–Crippen MR) is 133 cm³/mol. The standard InChI is InChI=1S/C24H26N4O3.C2H6O/c1-15-26-21-22(28(15)12-18-14-30-24(2,3)31-18)19-10-9-17(11-20(19)27-23(21)25)29-13-16-7-5-4-6-8-16;1-2-3/h4-11,18H,12-14H2,1-3H3,(H2,25,27);3H,2H2,1H3. The second kappa shape index (κ2) is 9.97. The lowest BCUT2D eigenvalue weighted by molar-refractivity contribution is -0.139. The number of benzene rings is 2. The van der Waals surface area contributed by atoms with Crippen molar-refractivity contribution in [3.05, 3.63) is 59.9 Å². The van der Waals surface area contributed by atoms with Crippen molar-refractivity contribution in [2.75, 3.05) is 18.9 Å². The first-order chi connectivity index (χ1) is 16.3. The Bertz CT molecular complexity index is 1270. The van der Waals surface area contributed by atoms with Crippen molar-refractivity contribution in [3.8, 4) is 5.75 Å². The van der Waals surface area contributed by atoms with Gasteiger partial charge in [-0.1, -0.05) is 30.3 Å². The lowest BCUT2D eigenvalue weighted by atomic mass is 10.1. The molecule has 0 spiro atoms. The quantitative estimate of drug-likeness (QED) is 0.456. The minimum Gasteiger partial charge on any atom is -0.489 e. The molecule has 34 heavy (non-hydrogen) atoms. The third-order valence-electron chi connectivity index (χ3n) is 5.57. The third-order valence-corrected chi connectivity index (χ3v) is 5.57. The number of nitrogens with two attached hydrogens (primary N) is 1. The number of ether oxygens (including phenoxy) is 3. The molecule has 1 aliphatic heterocycles. The molecule has 8 nitrogen and oxygen atoms in total. The molecule has 1 atom stereocenters. The van der Waals surface area contributed by atoms with Crippen LogP contribution < -0.4 is 10.5 Å². The Morgan fingerprint density at radius 3 is 2.59 bits per heavy atom. The molecule has 2 aromatic carbocycles. The molecule has 1 fully saturated rings. The van der Waals surface area contributed by atoms with Gasteiger partial charge in [-0.25, -0.2) is 9.97 Å². The number of pyridine rings is 1. The molecule has 1 saturated heterocycles. The van der Waals surface area contributed by atoms with E-state index < -0.39 is 5.79 Å². The molecule has 0 saturated carbocycles. The summed E-state index contributed by atoms with van der Waals surface area (Å²) >= 11 is 0. The highest BCUT2D eigenvalue weighted by Crippen LogP contribution is 2.32. The molecule has 0 radical (unpaired) electrons. The summed E-state index contributed by atoms with van der Waals surface area (Å²) in [6.07, 6.45) is -0.0518. The van der Waals surface area contributed by atoms with Crippen LogP contribution in [-0.2, 0) is 22.6 Å². The highest BCUT2D eigenvalue weighted by atomic mass is 16.7. The van der Waals surface area contributed by atoms with E-state index in [1.165, 1.54) is 0 Å². The summed E-state index contributed by atoms with van der Waals surface area (Å²) in [5.74, 6) is 1.46. The molecule has 1 unspecified atom stereocenters. The fourth-order valence-electron chi connectivity index (χ4n) is 4.11. The van der Waals surface area contributed by atoms with E-state index in [4.69, 9.17) is 25.1 Å². The van der Waals surface area contributed by atoms with Crippen molar-refractivity contribution in [1.82, 2.24) is 14.5 Å². The number of imidazole rings is 1. The van der Waals surface area contributed by atoms with Gasteiger partial charge in [0.2, 0.25) is 0 Å². The first-order valence-electron chi connectivity index (χ1n) is 11.5. The van der Waals surface area contributed by atoms with Gasteiger partial charge in [-0.2, -0.15) is 0 Å². The number of aromatic nitrogens is 3. The van der Waals surface area contributed by atoms with E-state index in [0.29, 0.717) is 31.1 Å². The Kier molecular flexibility index (Phi) is 7.02. The topological polar surface area (TPSA) is 105 Å². The summed E-state index contributed by atoms with van der Waals surface area (Å²) in [5, 5.41) is 8.55. The molecule has 1 aliphatic rings. The summed E-state index contributed by atoms with van der Waals surface area (Å²) in [5.41, 5.74) is 9.85. The number of aliphatic hydroxyl groups excluding tert-OH is 1. The number of rotatable bonds is 5. The van der Waals surface area contributed by atoms with Crippen molar-refractivity contribution < 1.29 is 19.3 Å². The minimum atomic E-state index is -0.567. The molecule has 4 aromatic rings. The van der Waals surface area contributed by atoms with Crippen LogP contribution in [0.1, 0.15) is 32.2 Å². The zero-order valence-corrected chi connectivity index (χ0v) is 20.1. The molecule has 3 heterocycles. The molecule has 8 heteroatoms. The van der Waals surface area contributed by atoms with E-state index in [9.17, 15) is 0 Å². The normalized spacial score (nSPS) is 17.0. The van der Waals surface area contributed by atoms with Crippen LogP contribution in [0.3, 0.4) is 0 Å². The van der Waals surface area contributed by atoms with Crippen LogP contribution >= 0.6 is 0 Å². The first kappa shape index (κ1) is 23.9. The molecular formula is C26H32N4O4. The van der Waals surface area contributed by atoms with Gasteiger partial charge >= 0.3 is 0 Å². The van der Waals surface area contributed by atoms with Crippen LogP contribution in [0, 0.1) is 6.92 Å². The Morgan fingerprint density at radius 1 is 1.18 bits per heavy atom. The van der Waals surface area contributed by atoms with E-state index in [1.807, 2.05) is 69.3 Å². The number of aliphatic hydroxyl groups is 1. The van der Waals surface area contributed by atoms with Gasteiger partial charge in [0.15, 0.2) is 11.6 Å². The van der Waals surface area contributed by atoms with Gasteiger partial charge in [-0.3, -0.25) is 0 Å². The summed E-state index contributed by atoms with van der Waals surface area (Å²) < 4.78 is 19.9. The second-order valence-corrected chi connectivity index (χ2v) is 8.68. The van der Waals surface area contributed by atoms with Gasteiger partial charge in [0.05, 0.1) is 24.2 Å². The Labute approximate surface area is 199 Å². The SMILES string of the molecule is CCO.Cc1nc2c(N)nc3cc(OCc4ccccc4)ccc3c2n1CC1COC(C)(C)O1. The highest BCUT2D eigenvalue weighted by molar-refractivity contribution is 6.06. The average molecular weight is 465 g/mol. The average Bonchev–Trinajstić information content (AvgIpc) is 3.33. The molecule has 2 aromatic heterocycles. The summed E-state index contributed by atoms with van der Waals surface area (Å²) in [7, 11) is 0. The van der Waals surface area contributed by atoms with E-state index in [1.54, 1.807) is 6.92 Å². The summed E-state index contributed by atoms with van der Waals surface area (Å²) in [6, 6.07) is 16.0. The van der Waals surface area contributed by atoms with Crippen molar-refractivity contribution in [2.45, 2.75) is 52.7 Å². The maximum Gasteiger partial charge on any atom is 0.163 e. The number of hydrogen-bond acceptors (Lipinski definition) is 7. The lowest BCUT2D eigenvalue weighted by Gasteiger charge is -2.18. The van der Waals surface area contributed by atoms with Crippen LogP contribution in [0.25, 0.3) is 21.9 Å². The summed E-state index contributed by atoms with van der Waals surface area (Å²) in [6.45, 7) is 9.44. The number of aryl methyl sites for hydroxylation is 1. The molecule has 0 aliphatic carbocycles. The first-order valence-corrected chi connectivity index (χ1v) is 11.5. The largest absolute Gasteiger partial charge is 0.489 e. The minimum absolute atomic E-state index is 0.0518. The molecular weight excluding hydrogens is 432 g/mol.